The lowest BCUT2D eigenvalue weighted by Crippen LogP contribution is -2.23. The topological polar surface area (TPSA) is 12.5 Å². The molecule has 0 radical (unpaired) electrons. The number of epoxide rings is 1. The normalized spacial score (nSPS) is 43.3. The van der Waals surface area contributed by atoms with Gasteiger partial charge in [0.2, 0.25) is 0 Å². The van der Waals surface area contributed by atoms with E-state index in [-0.39, 0.29) is 0 Å². The van der Waals surface area contributed by atoms with E-state index in [1.165, 1.54) is 57.8 Å². The van der Waals surface area contributed by atoms with E-state index < -0.39 is 0 Å². The Balaban J connectivity index is 1.69. The van der Waals surface area contributed by atoms with Gasteiger partial charge in [-0.05, 0) is 37.0 Å². The first kappa shape index (κ1) is 11.8. The van der Waals surface area contributed by atoms with Crippen molar-refractivity contribution in [2.24, 2.45) is 17.8 Å². The first-order valence-electron chi connectivity index (χ1n) is 7.66. The van der Waals surface area contributed by atoms with Gasteiger partial charge >= 0.3 is 0 Å². The maximum atomic E-state index is 5.77. The van der Waals surface area contributed by atoms with Gasteiger partial charge in [-0.2, -0.15) is 0 Å². The predicted octanol–water partition coefficient (Wildman–Crippen LogP) is 4.33. The van der Waals surface area contributed by atoms with E-state index in [2.05, 4.69) is 12.7 Å². The van der Waals surface area contributed by atoms with E-state index in [1.54, 1.807) is 0 Å². The van der Waals surface area contributed by atoms with Crippen molar-refractivity contribution < 1.29 is 4.74 Å². The van der Waals surface area contributed by atoms with Crippen LogP contribution in [0.4, 0.5) is 0 Å². The first-order chi connectivity index (χ1) is 8.38. The van der Waals surface area contributed by atoms with Crippen molar-refractivity contribution in [3.05, 3.63) is 12.7 Å². The zero-order valence-electron chi connectivity index (χ0n) is 10.9. The molecule has 3 rings (SSSR count). The van der Waals surface area contributed by atoms with Crippen LogP contribution in [-0.4, -0.2) is 12.2 Å². The molecule has 1 saturated heterocycles. The number of hydrogen-bond acceptors (Lipinski definition) is 1. The summed E-state index contributed by atoms with van der Waals surface area (Å²) in [6.45, 7) is 4.09. The van der Waals surface area contributed by atoms with E-state index in [0.717, 1.165) is 17.8 Å². The summed E-state index contributed by atoms with van der Waals surface area (Å²) in [5.41, 5.74) is 0. The number of hydrogen-bond donors (Lipinski definition) is 0. The molecule has 0 aromatic carbocycles. The molecule has 1 heteroatoms. The zero-order chi connectivity index (χ0) is 11.7. The maximum Gasteiger partial charge on any atom is 0.0844 e. The SMILES string of the molecule is C=CC1CCC2OC2CC1C1CCCCCC1. The van der Waals surface area contributed by atoms with Gasteiger partial charge in [0.1, 0.15) is 0 Å². The van der Waals surface area contributed by atoms with Crippen LogP contribution in [-0.2, 0) is 4.74 Å². The molecular weight excluding hydrogens is 208 g/mol. The molecule has 2 aliphatic carbocycles. The van der Waals surface area contributed by atoms with Crippen LogP contribution in [0.25, 0.3) is 0 Å². The van der Waals surface area contributed by atoms with Crippen molar-refractivity contribution in [1.82, 2.24) is 0 Å². The lowest BCUT2D eigenvalue weighted by atomic mass is 9.75. The Morgan fingerprint density at radius 2 is 1.65 bits per heavy atom. The Bertz CT molecular complexity index is 265. The molecule has 96 valence electrons. The number of rotatable bonds is 2. The highest BCUT2D eigenvalue weighted by Gasteiger charge is 2.45. The fourth-order valence-corrected chi connectivity index (χ4v) is 4.23. The molecule has 0 bridgehead atoms. The molecule has 0 spiro atoms. The van der Waals surface area contributed by atoms with Gasteiger partial charge in [-0.15, -0.1) is 6.58 Å². The third kappa shape index (κ3) is 2.59. The molecule has 1 aliphatic heterocycles. The minimum absolute atomic E-state index is 0.619. The molecular formula is C16H26O. The molecule has 3 aliphatic rings. The Morgan fingerprint density at radius 1 is 0.882 bits per heavy atom. The van der Waals surface area contributed by atoms with Crippen LogP contribution in [0.15, 0.2) is 12.7 Å². The highest BCUT2D eigenvalue weighted by molar-refractivity contribution is 4.98. The maximum absolute atomic E-state index is 5.77. The Labute approximate surface area is 106 Å². The Morgan fingerprint density at radius 3 is 2.35 bits per heavy atom. The second kappa shape index (κ2) is 5.14. The number of allylic oxidation sites excluding steroid dienone is 1. The molecule has 0 N–H and O–H groups in total. The van der Waals surface area contributed by atoms with E-state index in [9.17, 15) is 0 Å². The third-order valence-corrected chi connectivity index (χ3v) is 5.33. The van der Waals surface area contributed by atoms with Crippen molar-refractivity contribution in [1.29, 1.82) is 0 Å². The van der Waals surface area contributed by atoms with Crippen LogP contribution in [0.5, 0.6) is 0 Å². The lowest BCUT2D eigenvalue weighted by Gasteiger charge is -2.30. The van der Waals surface area contributed by atoms with E-state index in [0.29, 0.717) is 12.2 Å². The van der Waals surface area contributed by atoms with Crippen LogP contribution >= 0.6 is 0 Å². The second-order valence-corrected chi connectivity index (χ2v) is 6.34. The van der Waals surface area contributed by atoms with Gasteiger partial charge in [0.15, 0.2) is 0 Å². The highest BCUT2D eigenvalue weighted by atomic mass is 16.6. The molecule has 0 amide bonds. The smallest absolute Gasteiger partial charge is 0.0844 e. The zero-order valence-corrected chi connectivity index (χ0v) is 10.9. The van der Waals surface area contributed by atoms with Gasteiger partial charge in [0.05, 0.1) is 12.2 Å². The fraction of sp³-hybridized carbons (Fsp3) is 0.875. The Hall–Kier alpha value is -0.300. The quantitative estimate of drug-likeness (QED) is 0.394. The number of fused-ring (bicyclic) bond motifs is 1. The summed E-state index contributed by atoms with van der Waals surface area (Å²) < 4.78 is 5.77. The minimum Gasteiger partial charge on any atom is -0.370 e. The fourth-order valence-electron chi connectivity index (χ4n) is 4.23. The summed E-state index contributed by atoms with van der Waals surface area (Å²) in [6, 6.07) is 0. The van der Waals surface area contributed by atoms with Gasteiger partial charge in [0, 0.05) is 0 Å². The van der Waals surface area contributed by atoms with Gasteiger partial charge < -0.3 is 4.74 Å². The minimum atomic E-state index is 0.619. The second-order valence-electron chi connectivity index (χ2n) is 6.34. The standard InChI is InChI=1S/C16H26O/c1-2-12-9-10-15-16(17-15)11-14(12)13-7-5-3-4-6-8-13/h2,12-16H,1,3-11H2. The lowest BCUT2D eigenvalue weighted by molar-refractivity contribution is 0.186. The molecule has 4 atom stereocenters. The molecule has 0 aromatic rings. The summed E-state index contributed by atoms with van der Waals surface area (Å²) in [6.07, 6.45) is 16.2. The summed E-state index contributed by atoms with van der Waals surface area (Å²) in [5.74, 6) is 2.61. The average molecular weight is 234 g/mol. The van der Waals surface area contributed by atoms with E-state index in [4.69, 9.17) is 4.74 Å². The van der Waals surface area contributed by atoms with E-state index in [1.807, 2.05) is 0 Å². The van der Waals surface area contributed by atoms with Crippen LogP contribution in [0, 0.1) is 17.8 Å². The van der Waals surface area contributed by atoms with Gasteiger partial charge in [-0.1, -0.05) is 44.6 Å². The van der Waals surface area contributed by atoms with Gasteiger partial charge in [0.25, 0.3) is 0 Å². The van der Waals surface area contributed by atoms with Crippen molar-refractivity contribution in [2.75, 3.05) is 0 Å². The molecule has 3 fully saturated rings. The first-order valence-corrected chi connectivity index (χ1v) is 7.66. The van der Waals surface area contributed by atoms with Crippen LogP contribution in [0.2, 0.25) is 0 Å². The molecule has 17 heavy (non-hydrogen) atoms. The molecule has 0 aromatic heterocycles. The number of ether oxygens (including phenoxy) is 1. The third-order valence-electron chi connectivity index (χ3n) is 5.33. The van der Waals surface area contributed by atoms with E-state index >= 15 is 0 Å². The average Bonchev–Trinajstić information content (AvgIpc) is 3.11. The summed E-state index contributed by atoms with van der Waals surface area (Å²) >= 11 is 0. The van der Waals surface area contributed by atoms with Crippen LogP contribution < -0.4 is 0 Å². The van der Waals surface area contributed by atoms with Crippen molar-refractivity contribution in [2.45, 2.75) is 70.0 Å². The monoisotopic (exact) mass is 234 g/mol. The summed E-state index contributed by atoms with van der Waals surface area (Å²) in [4.78, 5) is 0. The van der Waals surface area contributed by atoms with Crippen LogP contribution in [0.3, 0.4) is 0 Å². The molecule has 1 nitrogen and oxygen atoms in total. The van der Waals surface area contributed by atoms with Crippen molar-refractivity contribution in [3.63, 3.8) is 0 Å². The van der Waals surface area contributed by atoms with Gasteiger partial charge in [-0.3, -0.25) is 0 Å². The van der Waals surface area contributed by atoms with Crippen molar-refractivity contribution >= 4 is 0 Å². The van der Waals surface area contributed by atoms with Gasteiger partial charge in [-0.25, -0.2) is 0 Å². The highest BCUT2D eigenvalue weighted by Crippen LogP contribution is 2.46. The van der Waals surface area contributed by atoms with Crippen molar-refractivity contribution in [3.8, 4) is 0 Å². The largest absolute Gasteiger partial charge is 0.370 e. The molecule has 2 saturated carbocycles. The Kier molecular flexibility index (Phi) is 3.56. The predicted molar refractivity (Wildman–Crippen MR) is 70.9 cm³/mol. The van der Waals surface area contributed by atoms with Crippen LogP contribution in [0.1, 0.15) is 57.8 Å². The summed E-state index contributed by atoms with van der Waals surface area (Å²) in [5, 5.41) is 0. The molecule has 1 heterocycles. The molecule has 4 unspecified atom stereocenters. The summed E-state index contributed by atoms with van der Waals surface area (Å²) in [7, 11) is 0.